The van der Waals surface area contributed by atoms with Crippen LogP contribution in [0.5, 0.6) is 0 Å². The van der Waals surface area contributed by atoms with Crippen molar-refractivity contribution in [1.29, 1.82) is 0 Å². The minimum absolute atomic E-state index is 0.0231. The van der Waals surface area contributed by atoms with Crippen molar-refractivity contribution in [3.05, 3.63) is 12.2 Å². The number of amides is 1. The molecule has 8 nitrogen and oxygen atoms in total. The first-order valence-electron chi connectivity index (χ1n) is 7.29. The van der Waals surface area contributed by atoms with Gasteiger partial charge in [-0.15, -0.1) is 0 Å². The number of nitrogens with two attached hydrogens (primary N) is 1. The molecule has 2 rings (SSSR count). The van der Waals surface area contributed by atoms with Gasteiger partial charge in [0.1, 0.15) is 17.6 Å². The molecule has 0 radical (unpaired) electrons. The summed E-state index contributed by atoms with van der Waals surface area (Å²) in [5.41, 5.74) is 4.93. The van der Waals surface area contributed by atoms with Crippen LogP contribution in [0.1, 0.15) is 44.3 Å². The van der Waals surface area contributed by atoms with Gasteiger partial charge in [0.2, 0.25) is 5.91 Å². The van der Waals surface area contributed by atoms with Crippen LogP contribution in [0.3, 0.4) is 0 Å². The smallest absolute Gasteiger partial charge is 0.233 e. The monoisotopic (exact) mass is 294 g/mol. The van der Waals surface area contributed by atoms with Crippen molar-refractivity contribution in [2.24, 2.45) is 16.3 Å². The molecule has 8 heteroatoms. The summed E-state index contributed by atoms with van der Waals surface area (Å²) < 4.78 is 0. The van der Waals surface area contributed by atoms with E-state index in [2.05, 4.69) is 25.7 Å². The number of rotatable bonds is 6. The van der Waals surface area contributed by atoms with Crippen LogP contribution in [0.25, 0.3) is 0 Å². The van der Waals surface area contributed by atoms with E-state index in [-0.39, 0.29) is 11.7 Å². The molecule has 0 aliphatic heterocycles. The maximum absolute atomic E-state index is 12.5. The first kappa shape index (κ1) is 15.3. The summed E-state index contributed by atoms with van der Waals surface area (Å²) in [5, 5.41) is 21.5. The molecule has 1 aromatic heterocycles. The van der Waals surface area contributed by atoms with Crippen LogP contribution in [0.4, 0.5) is 0 Å². The Balaban J connectivity index is 1.87. The Morgan fingerprint density at radius 2 is 2.24 bits per heavy atom. The maximum Gasteiger partial charge on any atom is 0.233 e. The number of nitrogens with one attached hydrogen (secondary N) is 2. The van der Waals surface area contributed by atoms with Crippen LogP contribution in [-0.4, -0.2) is 38.7 Å². The Morgan fingerprint density at radius 3 is 2.86 bits per heavy atom. The van der Waals surface area contributed by atoms with E-state index >= 15 is 0 Å². The second-order valence-corrected chi connectivity index (χ2v) is 5.42. The largest absolute Gasteiger partial charge is 0.409 e. The number of nitrogens with zero attached hydrogens (tertiary/aromatic N) is 3. The topological polar surface area (TPSA) is 129 Å². The van der Waals surface area contributed by atoms with E-state index < -0.39 is 5.41 Å². The number of aryl methyl sites for hydroxylation is 1. The summed E-state index contributed by atoms with van der Waals surface area (Å²) in [5.74, 6) is 0.679. The standard InChI is InChI=1S/C13H22N6O2/c14-11(19-21)13(6-2-1-3-7-13)12(20)15-8-4-5-10-16-9-17-18-10/h9,21H,1-8H2,(H2,14,19)(H,15,20)(H,16,17,18). The molecule has 1 aliphatic rings. The van der Waals surface area contributed by atoms with E-state index in [0.29, 0.717) is 19.4 Å². The van der Waals surface area contributed by atoms with Crippen molar-refractivity contribution in [1.82, 2.24) is 20.5 Å². The minimum Gasteiger partial charge on any atom is -0.409 e. The second kappa shape index (κ2) is 7.05. The molecule has 1 saturated carbocycles. The molecular weight excluding hydrogens is 272 g/mol. The Bertz CT molecular complexity index is 479. The molecule has 1 fully saturated rings. The Labute approximate surface area is 123 Å². The van der Waals surface area contributed by atoms with Crippen LogP contribution in [0.2, 0.25) is 0 Å². The lowest BCUT2D eigenvalue weighted by Crippen LogP contribution is -2.51. The van der Waals surface area contributed by atoms with Gasteiger partial charge in [0.25, 0.3) is 0 Å². The summed E-state index contributed by atoms with van der Waals surface area (Å²) >= 11 is 0. The fourth-order valence-corrected chi connectivity index (χ4v) is 2.83. The highest BCUT2D eigenvalue weighted by Crippen LogP contribution is 2.36. The van der Waals surface area contributed by atoms with Gasteiger partial charge in [0, 0.05) is 13.0 Å². The highest BCUT2D eigenvalue weighted by molar-refractivity contribution is 6.06. The average Bonchev–Trinajstić information content (AvgIpc) is 3.04. The van der Waals surface area contributed by atoms with E-state index in [4.69, 9.17) is 10.9 Å². The molecule has 0 spiro atoms. The molecule has 1 heterocycles. The van der Waals surface area contributed by atoms with Crippen molar-refractivity contribution in [2.45, 2.75) is 44.9 Å². The van der Waals surface area contributed by atoms with Gasteiger partial charge in [-0.1, -0.05) is 24.4 Å². The van der Waals surface area contributed by atoms with E-state index in [1.54, 1.807) is 0 Å². The van der Waals surface area contributed by atoms with Crippen LogP contribution in [-0.2, 0) is 11.2 Å². The number of hydrogen-bond donors (Lipinski definition) is 4. The highest BCUT2D eigenvalue weighted by atomic mass is 16.4. The predicted octanol–water partition coefficient (Wildman–Crippen LogP) is 0.550. The van der Waals surface area contributed by atoms with Crippen molar-refractivity contribution in [3.8, 4) is 0 Å². The first-order valence-corrected chi connectivity index (χ1v) is 7.29. The van der Waals surface area contributed by atoms with Gasteiger partial charge < -0.3 is 16.3 Å². The second-order valence-electron chi connectivity index (χ2n) is 5.42. The Morgan fingerprint density at radius 1 is 1.48 bits per heavy atom. The van der Waals surface area contributed by atoms with Crippen LogP contribution in [0, 0.1) is 5.41 Å². The van der Waals surface area contributed by atoms with Gasteiger partial charge in [-0.05, 0) is 19.3 Å². The maximum atomic E-state index is 12.5. The summed E-state index contributed by atoms with van der Waals surface area (Å²) in [6.07, 6.45) is 7.13. The number of amidine groups is 1. The fraction of sp³-hybridized carbons (Fsp3) is 0.692. The van der Waals surface area contributed by atoms with Gasteiger partial charge >= 0.3 is 0 Å². The third-order valence-electron chi connectivity index (χ3n) is 4.08. The normalized spacial score (nSPS) is 18.4. The van der Waals surface area contributed by atoms with E-state index in [0.717, 1.165) is 37.9 Å². The number of carbonyl (C=O) groups is 1. The molecule has 116 valence electrons. The van der Waals surface area contributed by atoms with Crippen molar-refractivity contribution >= 4 is 11.7 Å². The first-order chi connectivity index (χ1) is 10.2. The lowest BCUT2D eigenvalue weighted by atomic mass is 9.72. The molecule has 0 aromatic carbocycles. The zero-order valence-corrected chi connectivity index (χ0v) is 12.0. The van der Waals surface area contributed by atoms with Crippen molar-refractivity contribution < 1.29 is 10.0 Å². The van der Waals surface area contributed by atoms with Crippen molar-refractivity contribution in [2.75, 3.05) is 6.54 Å². The molecular formula is C13H22N6O2. The lowest BCUT2D eigenvalue weighted by molar-refractivity contribution is -0.129. The molecule has 5 N–H and O–H groups in total. The summed E-state index contributed by atoms with van der Waals surface area (Å²) in [6.45, 7) is 0.528. The number of aromatic amines is 1. The van der Waals surface area contributed by atoms with Crippen LogP contribution in [0.15, 0.2) is 11.5 Å². The third-order valence-corrected chi connectivity index (χ3v) is 4.08. The van der Waals surface area contributed by atoms with Gasteiger partial charge in [-0.2, -0.15) is 5.10 Å². The Kier molecular flexibility index (Phi) is 5.13. The number of oxime groups is 1. The molecule has 1 aliphatic carbocycles. The quantitative estimate of drug-likeness (QED) is 0.200. The molecule has 0 bridgehead atoms. The van der Waals surface area contributed by atoms with Crippen LogP contribution >= 0.6 is 0 Å². The zero-order chi connectivity index (χ0) is 15.1. The summed E-state index contributed by atoms with van der Waals surface area (Å²) in [4.78, 5) is 16.5. The molecule has 21 heavy (non-hydrogen) atoms. The predicted molar refractivity (Wildman–Crippen MR) is 76.6 cm³/mol. The SMILES string of the molecule is NC(=NO)C1(C(=O)NCCCc2ncn[nH]2)CCCCC1. The molecule has 0 unspecified atom stereocenters. The summed E-state index contributed by atoms with van der Waals surface area (Å²) in [6, 6.07) is 0. The van der Waals surface area contributed by atoms with Gasteiger partial charge in [-0.3, -0.25) is 9.89 Å². The van der Waals surface area contributed by atoms with Gasteiger partial charge in [-0.25, -0.2) is 4.98 Å². The van der Waals surface area contributed by atoms with Crippen LogP contribution < -0.4 is 11.1 Å². The molecule has 0 saturated heterocycles. The Hall–Kier alpha value is -2.12. The lowest BCUT2D eigenvalue weighted by Gasteiger charge is -2.34. The van der Waals surface area contributed by atoms with E-state index in [1.807, 2.05) is 0 Å². The number of aromatic nitrogens is 3. The third kappa shape index (κ3) is 3.50. The van der Waals surface area contributed by atoms with E-state index in [9.17, 15) is 4.79 Å². The molecule has 1 aromatic rings. The number of carbonyl (C=O) groups excluding carboxylic acids is 1. The molecule has 0 atom stereocenters. The zero-order valence-electron chi connectivity index (χ0n) is 12.0. The minimum atomic E-state index is -0.848. The molecule has 1 amide bonds. The van der Waals surface area contributed by atoms with Crippen molar-refractivity contribution in [3.63, 3.8) is 0 Å². The van der Waals surface area contributed by atoms with E-state index in [1.165, 1.54) is 6.33 Å². The average molecular weight is 294 g/mol. The van der Waals surface area contributed by atoms with Gasteiger partial charge in [0.15, 0.2) is 5.84 Å². The number of hydrogen-bond acceptors (Lipinski definition) is 5. The fourth-order valence-electron chi connectivity index (χ4n) is 2.83. The van der Waals surface area contributed by atoms with Gasteiger partial charge in [0.05, 0.1) is 0 Å². The number of H-pyrrole nitrogens is 1. The summed E-state index contributed by atoms with van der Waals surface area (Å²) in [7, 11) is 0. The highest BCUT2D eigenvalue weighted by Gasteiger charge is 2.43.